The fourth-order valence-electron chi connectivity index (χ4n) is 2.97. The molecule has 150 valence electrons. The molecular formula is C23H20N4O3. The fourth-order valence-corrected chi connectivity index (χ4v) is 2.97. The summed E-state index contributed by atoms with van der Waals surface area (Å²) < 4.78 is 13.7. The van der Waals surface area contributed by atoms with Crippen molar-refractivity contribution in [1.82, 2.24) is 14.5 Å². The van der Waals surface area contributed by atoms with Crippen LogP contribution in [-0.4, -0.2) is 25.6 Å². The Hall–Kier alpha value is -4.13. The maximum absolute atomic E-state index is 9.66. The van der Waals surface area contributed by atoms with E-state index in [0.717, 1.165) is 5.56 Å². The van der Waals surface area contributed by atoms with Crippen molar-refractivity contribution in [3.8, 4) is 17.4 Å². The standard InChI is InChI=1S/C23H20N4O3/c1-17-24-14-15-27(17)22(26-28)19-10-7-13-25-23(19)30-21-12-6-5-11-20(21)29-16-18-8-3-2-4-9-18/h2-15,28H,16H2,1H3/b26-22-. The number of hydrogen-bond donors (Lipinski definition) is 1. The van der Waals surface area contributed by atoms with Crippen molar-refractivity contribution < 1.29 is 14.7 Å². The van der Waals surface area contributed by atoms with E-state index in [1.807, 2.05) is 55.5 Å². The normalized spacial score (nSPS) is 11.3. The van der Waals surface area contributed by atoms with Crippen LogP contribution in [0, 0.1) is 6.92 Å². The van der Waals surface area contributed by atoms with Crippen molar-refractivity contribution in [2.75, 3.05) is 0 Å². The Kier molecular flexibility index (Phi) is 5.70. The van der Waals surface area contributed by atoms with Gasteiger partial charge in [0.05, 0.1) is 5.56 Å². The molecule has 0 amide bonds. The van der Waals surface area contributed by atoms with Crippen LogP contribution in [0.3, 0.4) is 0 Å². The smallest absolute Gasteiger partial charge is 0.230 e. The minimum atomic E-state index is 0.260. The Labute approximate surface area is 173 Å². The topological polar surface area (TPSA) is 81.8 Å². The van der Waals surface area contributed by atoms with Gasteiger partial charge in [0.2, 0.25) is 5.88 Å². The zero-order chi connectivity index (χ0) is 20.8. The van der Waals surface area contributed by atoms with Crippen molar-refractivity contribution in [3.05, 3.63) is 102 Å². The van der Waals surface area contributed by atoms with Gasteiger partial charge in [0.25, 0.3) is 0 Å². The van der Waals surface area contributed by atoms with Crippen molar-refractivity contribution in [2.24, 2.45) is 5.16 Å². The third kappa shape index (κ3) is 4.15. The van der Waals surface area contributed by atoms with Crippen LogP contribution in [0.1, 0.15) is 17.0 Å². The molecule has 2 aromatic heterocycles. The first-order chi connectivity index (χ1) is 14.8. The summed E-state index contributed by atoms with van der Waals surface area (Å²) in [4.78, 5) is 8.52. The quantitative estimate of drug-likeness (QED) is 0.221. The highest BCUT2D eigenvalue weighted by Crippen LogP contribution is 2.32. The van der Waals surface area contributed by atoms with Gasteiger partial charge in [0, 0.05) is 18.6 Å². The van der Waals surface area contributed by atoms with E-state index in [4.69, 9.17) is 9.47 Å². The Morgan fingerprint density at radius 1 is 0.933 bits per heavy atom. The summed E-state index contributed by atoms with van der Waals surface area (Å²) in [5.41, 5.74) is 1.56. The molecule has 0 saturated heterocycles. The highest BCUT2D eigenvalue weighted by Gasteiger charge is 2.18. The molecule has 1 N–H and O–H groups in total. The van der Waals surface area contributed by atoms with Crippen LogP contribution < -0.4 is 9.47 Å². The molecular weight excluding hydrogens is 380 g/mol. The third-order valence-electron chi connectivity index (χ3n) is 4.45. The molecule has 7 heteroatoms. The summed E-state index contributed by atoms with van der Waals surface area (Å²) in [5.74, 6) is 2.31. The molecule has 0 atom stereocenters. The van der Waals surface area contributed by atoms with Crippen LogP contribution in [0.25, 0.3) is 0 Å². The van der Waals surface area contributed by atoms with Gasteiger partial charge >= 0.3 is 0 Å². The van der Waals surface area contributed by atoms with E-state index in [1.54, 1.807) is 41.4 Å². The van der Waals surface area contributed by atoms with E-state index in [0.29, 0.717) is 29.5 Å². The van der Waals surface area contributed by atoms with Gasteiger partial charge in [-0.1, -0.05) is 47.6 Å². The number of aryl methyl sites for hydroxylation is 1. The Morgan fingerprint density at radius 3 is 2.43 bits per heavy atom. The molecule has 0 radical (unpaired) electrons. The van der Waals surface area contributed by atoms with Crippen LogP contribution in [-0.2, 0) is 6.61 Å². The molecule has 7 nitrogen and oxygen atoms in total. The second-order valence-corrected chi connectivity index (χ2v) is 6.45. The maximum Gasteiger partial charge on any atom is 0.230 e. The minimum Gasteiger partial charge on any atom is -0.485 e. The molecule has 0 aliphatic carbocycles. The Balaban J connectivity index is 1.62. The first-order valence-corrected chi connectivity index (χ1v) is 9.37. The summed E-state index contributed by atoms with van der Waals surface area (Å²) >= 11 is 0. The van der Waals surface area contributed by atoms with Crippen molar-refractivity contribution >= 4 is 5.84 Å². The zero-order valence-electron chi connectivity index (χ0n) is 16.3. The van der Waals surface area contributed by atoms with Crippen molar-refractivity contribution in [2.45, 2.75) is 13.5 Å². The van der Waals surface area contributed by atoms with Gasteiger partial charge in [-0.2, -0.15) is 0 Å². The van der Waals surface area contributed by atoms with Crippen LogP contribution in [0.4, 0.5) is 0 Å². The van der Waals surface area contributed by atoms with E-state index in [-0.39, 0.29) is 11.7 Å². The van der Waals surface area contributed by atoms with Crippen molar-refractivity contribution in [1.29, 1.82) is 0 Å². The molecule has 0 saturated carbocycles. The third-order valence-corrected chi connectivity index (χ3v) is 4.45. The molecule has 2 heterocycles. The number of hydrogen-bond acceptors (Lipinski definition) is 6. The summed E-state index contributed by atoms with van der Waals surface area (Å²) in [6.45, 7) is 2.22. The number of rotatable bonds is 6. The average Bonchev–Trinajstić information content (AvgIpc) is 3.21. The van der Waals surface area contributed by atoms with Gasteiger partial charge in [-0.25, -0.2) is 9.97 Å². The van der Waals surface area contributed by atoms with Gasteiger partial charge in [0.15, 0.2) is 17.3 Å². The molecule has 0 aliphatic heterocycles. The number of aromatic nitrogens is 3. The Bertz CT molecular complexity index is 1160. The van der Waals surface area contributed by atoms with E-state index in [2.05, 4.69) is 15.1 Å². The van der Waals surface area contributed by atoms with Gasteiger partial charge in [-0.15, -0.1) is 0 Å². The zero-order valence-corrected chi connectivity index (χ0v) is 16.3. The Morgan fingerprint density at radius 2 is 1.70 bits per heavy atom. The highest BCUT2D eigenvalue weighted by atomic mass is 16.5. The molecule has 2 aromatic carbocycles. The fraction of sp³-hybridized carbons (Fsp3) is 0.0870. The number of oxime groups is 1. The summed E-state index contributed by atoms with van der Waals surface area (Å²) in [6.07, 6.45) is 4.95. The van der Waals surface area contributed by atoms with Crippen LogP contribution in [0.15, 0.2) is 90.5 Å². The molecule has 30 heavy (non-hydrogen) atoms. The number of ether oxygens (including phenoxy) is 2. The second-order valence-electron chi connectivity index (χ2n) is 6.45. The van der Waals surface area contributed by atoms with Crippen LogP contribution >= 0.6 is 0 Å². The second kappa shape index (κ2) is 8.91. The molecule has 0 bridgehead atoms. The monoisotopic (exact) mass is 400 g/mol. The lowest BCUT2D eigenvalue weighted by Gasteiger charge is -2.15. The molecule has 4 rings (SSSR count). The summed E-state index contributed by atoms with van der Waals surface area (Å²) in [6, 6.07) is 20.8. The van der Waals surface area contributed by atoms with E-state index >= 15 is 0 Å². The van der Waals surface area contributed by atoms with Gasteiger partial charge < -0.3 is 14.7 Å². The van der Waals surface area contributed by atoms with Crippen molar-refractivity contribution in [3.63, 3.8) is 0 Å². The summed E-state index contributed by atoms with van der Waals surface area (Å²) in [7, 11) is 0. The SMILES string of the molecule is Cc1nccn1/C(=N\O)c1cccnc1Oc1ccccc1OCc1ccccc1. The lowest BCUT2D eigenvalue weighted by molar-refractivity contribution is 0.290. The predicted octanol–water partition coefficient (Wildman–Crippen LogP) is 4.64. The number of pyridine rings is 1. The van der Waals surface area contributed by atoms with Crippen LogP contribution in [0.2, 0.25) is 0 Å². The number of nitrogens with zero attached hydrogens (tertiary/aromatic N) is 4. The van der Waals surface area contributed by atoms with E-state index in [9.17, 15) is 5.21 Å². The molecule has 0 aliphatic rings. The molecule has 0 fully saturated rings. The minimum absolute atomic E-state index is 0.260. The number of benzene rings is 2. The lowest BCUT2D eigenvalue weighted by atomic mass is 10.2. The highest BCUT2D eigenvalue weighted by molar-refractivity contribution is 6.02. The number of para-hydroxylation sites is 2. The van der Waals surface area contributed by atoms with E-state index < -0.39 is 0 Å². The first-order valence-electron chi connectivity index (χ1n) is 9.37. The molecule has 0 unspecified atom stereocenters. The van der Waals surface area contributed by atoms with Gasteiger partial charge in [0.1, 0.15) is 12.4 Å². The van der Waals surface area contributed by atoms with Crippen LogP contribution in [0.5, 0.6) is 17.4 Å². The number of imidazole rings is 1. The molecule has 4 aromatic rings. The average molecular weight is 400 g/mol. The predicted molar refractivity (Wildman–Crippen MR) is 112 cm³/mol. The molecule has 0 spiro atoms. The first kappa shape index (κ1) is 19.2. The maximum atomic E-state index is 9.66. The largest absolute Gasteiger partial charge is 0.485 e. The summed E-state index contributed by atoms with van der Waals surface area (Å²) in [5, 5.41) is 13.1. The van der Waals surface area contributed by atoms with E-state index in [1.165, 1.54) is 0 Å². The van der Waals surface area contributed by atoms with Gasteiger partial charge in [-0.05, 0) is 36.8 Å². The van der Waals surface area contributed by atoms with Gasteiger partial charge in [-0.3, -0.25) is 4.57 Å². The lowest BCUT2D eigenvalue weighted by Crippen LogP contribution is -2.16.